The number of carbonyl (C=O) groups is 1. The largest absolute Gasteiger partial charge is 0.378 e. The van der Waals surface area contributed by atoms with Crippen LogP contribution in [-0.2, 0) is 16.1 Å². The maximum absolute atomic E-state index is 12.4. The molecule has 0 aliphatic carbocycles. The summed E-state index contributed by atoms with van der Waals surface area (Å²) >= 11 is 1.35. The van der Waals surface area contributed by atoms with Crippen LogP contribution in [0.4, 0.5) is 0 Å². The van der Waals surface area contributed by atoms with Crippen LogP contribution < -0.4 is 4.80 Å². The first-order valence-corrected chi connectivity index (χ1v) is 8.18. The van der Waals surface area contributed by atoms with Crippen LogP contribution in [0.1, 0.15) is 5.56 Å². The number of benzene rings is 1. The number of carbonyl (C=O) groups excluding carboxylic acids is 1. The third-order valence-electron chi connectivity index (χ3n) is 3.82. The minimum Gasteiger partial charge on any atom is -0.378 e. The molecule has 1 aromatic heterocycles. The Morgan fingerprint density at radius 3 is 2.64 bits per heavy atom. The number of nitrogens with zero attached hydrogens (tertiary/aromatic N) is 2. The zero-order valence-corrected chi connectivity index (χ0v) is 13.4. The Morgan fingerprint density at radius 2 is 1.95 bits per heavy atom. The van der Waals surface area contributed by atoms with E-state index in [0.717, 1.165) is 11.3 Å². The highest BCUT2D eigenvalue weighted by Gasteiger charge is 2.19. The molecule has 116 valence electrons. The minimum atomic E-state index is 0.0496. The van der Waals surface area contributed by atoms with E-state index in [1.165, 1.54) is 16.9 Å². The van der Waals surface area contributed by atoms with Crippen molar-refractivity contribution in [1.82, 2.24) is 9.47 Å². The minimum absolute atomic E-state index is 0.0496. The molecule has 2 heterocycles. The quantitative estimate of drug-likeness (QED) is 0.939. The number of aromatic nitrogens is 1. The summed E-state index contributed by atoms with van der Waals surface area (Å²) in [6, 6.07) is 8.16. The lowest BCUT2D eigenvalue weighted by Crippen LogP contribution is -2.43. The second-order valence-corrected chi connectivity index (χ2v) is 6.23. The van der Waals surface area contributed by atoms with E-state index in [0.29, 0.717) is 31.1 Å². The van der Waals surface area contributed by atoms with Gasteiger partial charge in [-0.05, 0) is 12.5 Å². The van der Waals surface area contributed by atoms with Gasteiger partial charge in [0.15, 0.2) is 4.80 Å². The van der Waals surface area contributed by atoms with Gasteiger partial charge in [0.2, 0.25) is 5.91 Å². The fraction of sp³-hybridized carbons (Fsp3) is 0.375. The van der Waals surface area contributed by atoms with Gasteiger partial charge in [0, 0.05) is 18.5 Å². The lowest BCUT2D eigenvalue weighted by Gasteiger charge is -2.27. The fourth-order valence-corrected chi connectivity index (χ4v) is 3.28. The molecule has 0 atom stereocenters. The summed E-state index contributed by atoms with van der Waals surface area (Å²) in [6.07, 6.45) is 0. The first-order valence-electron chi connectivity index (χ1n) is 7.30. The normalized spacial score (nSPS) is 15.0. The molecule has 22 heavy (non-hydrogen) atoms. The van der Waals surface area contributed by atoms with Crippen molar-refractivity contribution < 1.29 is 9.53 Å². The molecular formula is C16H19N3O2S. The molecule has 2 aromatic rings. The van der Waals surface area contributed by atoms with Crippen molar-refractivity contribution in [1.29, 1.82) is 5.41 Å². The molecule has 0 bridgehead atoms. The van der Waals surface area contributed by atoms with Crippen LogP contribution in [0.15, 0.2) is 29.6 Å². The zero-order valence-electron chi connectivity index (χ0n) is 12.5. The van der Waals surface area contributed by atoms with E-state index in [9.17, 15) is 4.79 Å². The van der Waals surface area contributed by atoms with Crippen LogP contribution in [0.3, 0.4) is 0 Å². The first kappa shape index (κ1) is 15.0. The van der Waals surface area contributed by atoms with E-state index >= 15 is 0 Å². The van der Waals surface area contributed by atoms with Gasteiger partial charge in [0.05, 0.1) is 18.9 Å². The van der Waals surface area contributed by atoms with Gasteiger partial charge in [-0.25, -0.2) is 0 Å². The van der Waals surface area contributed by atoms with Crippen LogP contribution in [0.25, 0.3) is 11.3 Å². The molecule has 0 unspecified atom stereocenters. The highest BCUT2D eigenvalue weighted by Crippen LogP contribution is 2.20. The van der Waals surface area contributed by atoms with Crippen molar-refractivity contribution in [3.63, 3.8) is 0 Å². The monoisotopic (exact) mass is 317 g/mol. The Balaban J connectivity index is 1.84. The molecule has 0 radical (unpaired) electrons. The molecule has 0 spiro atoms. The first-order chi connectivity index (χ1) is 10.6. The van der Waals surface area contributed by atoms with Gasteiger partial charge in [-0.3, -0.25) is 10.2 Å². The van der Waals surface area contributed by atoms with E-state index in [2.05, 4.69) is 0 Å². The number of hydrogen-bond acceptors (Lipinski definition) is 4. The number of rotatable bonds is 3. The van der Waals surface area contributed by atoms with E-state index in [-0.39, 0.29) is 12.5 Å². The van der Waals surface area contributed by atoms with Crippen molar-refractivity contribution >= 4 is 17.2 Å². The molecule has 1 aromatic carbocycles. The number of hydrogen-bond donors (Lipinski definition) is 1. The number of nitrogens with one attached hydrogen (secondary N) is 1. The Hall–Kier alpha value is -1.92. The number of amides is 1. The third kappa shape index (κ3) is 3.13. The molecule has 3 rings (SSSR count). The Bertz CT molecular complexity index is 712. The van der Waals surface area contributed by atoms with Gasteiger partial charge in [0.25, 0.3) is 0 Å². The highest BCUT2D eigenvalue weighted by molar-refractivity contribution is 7.07. The van der Waals surface area contributed by atoms with Gasteiger partial charge in [-0.15, -0.1) is 11.3 Å². The topological polar surface area (TPSA) is 58.3 Å². The summed E-state index contributed by atoms with van der Waals surface area (Å²) < 4.78 is 7.06. The van der Waals surface area contributed by atoms with Crippen LogP contribution in [-0.4, -0.2) is 41.7 Å². The van der Waals surface area contributed by atoms with E-state index in [4.69, 9.17) is 10.1 Å². The van der Waals surface area contributed by atoms with E-state index in [1.54, 1.807) is 4.57 Å². The summed E-state index contributed by atoms with van der Waals surface area (Å²) in [5.41, 5.74) is 3.16. The predicted octanol–water partition coefficient (Wildman–Crippen LogP) is 1.86. The predicted molar refractivity (Wildman–Crippen MR) is 85.7 cm³/mol. The average molecular weight is 317 g/mol. The van der Waals surface area contributed by atoms with Crippen LogP contribution >= 0.6 is 11.3 Å². The second kappa shape index (κ2) is 6.46. The van der Waals surface area contributed by atoms with Gasteiger partial charge >= 0.3 is 0 Å². The average Bonchev–Trinajstić information content (AvgIpc) is 2.90. The van der Waals surface area contributed by atoms with Gasteiger partial charge in [-0.1, -0.05) is 29.8 Å². The van der Waals surface area contributed by atoms with Gasteiger partial charge in [-0.2, -0.15) is 0 Å². The molecule has 6 heteroatoms. The molecule has 1 N–H and O–H groups in total. The third-order valence-corrected chi connectivity index (χ3v) is 4.61. The van der Waals surface area contributed by atoms with Gasteiger partial charge < -0.3 is 14.2 Å². The highest BCUT2D eigenvalue weighted by atomic mass is 32.1. The zero-order chi connectivity index (χ0) is 15.5. The Morgan fingerprint density at radius 1 is 1.27 bits per heavy atom. The van der Waals surface area contributed by atoms with E-state index < -0.39 is 0 Å². The molecule has 0 saturated carbocycles. The number of ether oxygens (including phenoxy) is 1. The number of morpholine rings is 1. The summed E-state index contributed by atoms with van der Waals surface area (Å²) in [6.45, 7) is 4.72. The standard InChI is InChI=1S/C16H19N3O2S/c1-12-2-4-13(5-3-12)14-11-22-16(17)19(14)10-15(20)18-6-8-21-9-7-18/h2-5,11,17H,6-10H2,1H3. The van der Waals surface area contributed by atoms with Crippen molar-refractivity contribution in [2.45, 2.75) is 13.5 Å². The van der Waals surface area contributed by atoms with Crippen LogP contribution in [0, 0.1) is 12.3 Å². The number of aryl methyl sites for hydroxylation is 1. The van der Waals surface area contributed by atoms with Crippen LogP contribution in [0.5, 0.6) is 0 Å². The Labute approximate surface area is 133 Å². The molecule has 1 fully saturated rings. The van der Waals surface area contributed by atoms with Crippen molar-refractivity contribution in [3.05, 3.63) is 40.0 Å². The van der Waals surface area contributed by atoms with E-state index in [1.807, 2.05) is 41.5 Å². The smallest absolute Gasteiger partial charge is 0.242 e. The van der Waals surface area contributed by atoms with Crippen LogP contribution in [0.2, 0.25) is 0 Å². The lowest BCUT2D eigenvalue weighted by molar-refractivity contribution is -0.135. The molecule has 1 amide bonds. The summed E-state index contributed by atoms with van der Waals surface area (Å²) in [7, 11) is 0. The molecule has 1 aliphatic heterocycles. The molecule has 1 aliphatic rings. The second-order valence-electron chi connectivity index (χ2n) is 5.37. The summed E-state index contributed by atoms with van der Waals surface area (Å²) in [4.78, 5) is 14.6. The van der Waals surface area contributed by atoms with Gasteiger partial charge in [0.1, 0.15) is 6.54 Å². The lowest BCUT2D eigenvalue weighted by atomic mass is 10.1. The molecule has 5 nitrogen and oxygen atoms in total. The maximum atomic E-state index is 12.4. The number of thiazole rings is 1. The van der Waals surface area contributed by atoms with Crippen molar-refractivity contribution in [2.75, 3.05) is 26.3 Å². The van der Waals surface area contributed by atoms with Crippen molar-refractivity contribution in [3.8, 4) is 11.3 Å². The fourth-order valence-electron chi connectivity index (χ4n) is 2.50. The SMILES string of the molecule is Cc1ccc(-c2csc(=N)n2CC(=O)N2CCOCC2)cc1. The summed E-state index contributed by atoms with van der Waals surface area (Å²) in [5.74, 6) is 0.0496. The summed E-state index contributed by atoms with van der Waals surface area (Å²) in [5, 5.41) is 10.0. The molecular weight excluding hydrogens is 298 g/mol. The maximum Gasteiger partial charge on any atom is 0.242 e. The molecule has 1 saturated heterocycles. The Kier molecular flexibility index (Phi) is 4.40. The van der Waals surface area contributed by atoms with Crippen molar-refractivity contribution in [2.24, 2.45) is 0 Å².